The number of quaternary nitrogens is 1. The van der Waals surface area contributed by atoms with Crippen LogP contribution in [0.3, 0.4) is 0 Å². The molecule has 1 aromatic carbocycles. The van der Waals surface area contributed by atoms with E-state index in [0.717, 1.165) is 31.6 Å². The third-order valence-electron chi connectivity index (χ3n) is 3.68. The standard InChI is InChI=1S/C18H29NO3/c1-4-10-18(20)22-17(13-19(5-2)6-3)15-21-14-16-11-8-7-9-12-16/h7-9,11-12,17H,4-6,10,13-15H2,1-3H3/p+1/t17-/m1/s1. The van der Waals surface area contributed by atoms with Gasteiger partial charge < -0.3 is 14.4 Å². The van der Waals surface area contributed by atoms with Crippen LogP contribution in [0.5, 0.6) is 0 Å². The number of esters is 1. The number of ether oxygens (including phenoxy) is 2. The van der Waals surface area contributed by atoms with Gasteiger partial charge in [-0.1, -0.05) is 37.3 Å². The van der Waals surface area contributed by atoms with E-state index in [9.17, 15) is 4.79 Å². The van der Waals surface area contributed by atoms with E-state index < -0.39 is 0 Å². The summed E-state index contributed by atoms with van der Waals surface area (Å²) in [5.74, 6) is -0.123. The second-order valence-electron chi connectivity index (χ2n) is 5.52. The Morgan fingerprint density at radius 3 is 2.41 bits per heavy atom. The molecule has 0 saturated carbocycles. The number of benzene rings is 1. The quantitative estimate of drug-likeness (QED) is 0.634. The van der Waals surface area contributed by atoms with E-state index in [1.807, 2.05) is 37.3 Å². The molecule has 0 bridgehead atoms. The molecule has 0 aromatic heterocycles. The van der Waals surface area contributed by atoms with Gasteiger partial charge in [0.1, 0.15) is 6.54 Å². The monoisotopic (exact) mass is 308 g/mol. The summed E-state index contributed by atoms with van der Waals surface area (Å²) < 4.78 is 11.3. The molecule has 22 heavy (non-hydrogen) atoms. The molecule has 0 amide bonds. The van der Waals surface area contributed by atoms with Gasteiger partial charge in [0, 0.05) is 6.42 Å². The number of rotatable bonds is 11. The van der Waals surface area contributed by atoms with Crippen molar-refractivity contribution in [1.29, 1.82) is 0 Å². The van der Waals surface area contributed by atoms with Crippen molar-refractivity contribution in [2.75, 3.05) is 26.2 Å². The molecule has 0 radical (unpaired) electrons. The molecule has 1 rings (SSSR count). The van der Waals surface area contributed by atoms with E-state index in [4.69, 9.17) is 9.47 Å². The van der Waals surface area contributed by atoms with Gasteiger partial charge in [0.25, 0.3) is 0 Å². The summed E-state index contributed by atoms with van der Waals surface area (Å²) in [6.07, 6.45) is 1.12. The fourth-order valence-electron chi connectivity index (χ4n) is 2.33. The lowest BCUT2D eigenvalue weighted by molar-refractivity contribution is -0.899. The van der Waals surface area contributed by atoms with E-state index in [0.29, 0.717) is 19.6 Å². The Hall–Kier alpha value is -1.39. The van der Waals surface area contributed by atoms with Crippen LogP contribution in [0.15, 0.2) is 30.3 Å². The predicted octanol–water partition coefficient (Wildman–Crippen LogP) is 1.84. The van der Waals surface area contributed by atoms with Crippen molar-refractivity contribution in [2.24, 2.45) is 0 Å². The Kier molecular flexibility index (Phi) is 9.51. The minimum atomic E-state index is -0.169. The highest BCUT2D eigenvalue weighted by atomic mass is 16.6. The Balaban J connectivity index is 2.47. The fourth-order valence-corrected chi connectivity index (χ4v) is 2.33. The van der Waals surface area contributed by atoms with Crippen LogP contribution in [0.4, 0.5) is 0 Å². The van der Waals surface area contributed by atoms with Crippen molar-refractivity contribution in [3.8, 4) is 0 Å². The first-order valence-electron chi connectivity index (χ1n) is 8.34. The van der Waals surface area contributed by atoms with Crippen molar-refractivity contribution in [2.45, 2.75) is 46.3 Å². The van der Waals surface area contributed by atoms with Crippen LogP contribution < -0.4 is 4.90 Å². The summed E-state index contributed by atoms with van der Waals surface area (Å²) in [7, 11) is 0. The Bertz CT molecular complexity index is 404. The Morgan fingerprint density at radius 1 is 1.14 bits per heavy atom. The van der Waals surface area contributed by atoms with E-state index >= 15 is 0 Å². The first-order chi connectivity index (χ1) is 10.7. The zero-order chi connectivity index (χ0) is 16.2. The van der Waals surface area contributed by atoms with Crippen LogP contribution >= 0.6 is 0 Å². The molecule has 124 valence electrons. The van der Waals surface area contributed by atoms with E-state index in [1.165, 1.54) is 4.90 Å². The second-order valence-corrected chi connectivity index (χ2v) is 5.52. The zero-order valence-electron chi connectivity index (χ0n) is 14.1. The lowest BCUT2D eigenvalue weighted by Crippen LogP contribution is -3.12. The number of nitrogens with one attached hydrogen (secondary N) is 1. The maximum absolute atomic E-state index is 11.8. The summed E-state index contributed by atoms with van der Waals surface area (Å²) in [6, 6.07) is 10.1. The zero-order valence-corrected chi connectivity index (χ0v) is 14.1. The van der Waals surface area contributed by atoms with Gasteiger partial charge in [-0.25, -0.2) is 0 Å². The minimum absolute atomic E-state index is 0.123. The molecule has 0 aliphatic heterocycles. The molecule has 1 N–H and O–H groups in total. The number of carbonyl (C=O) groups is 1. The predicted molar refractivity (Wildman–Crippen MR) is 87.8 cm³/mol. The highest BCUT2D eigenvalue weighted by molar-refractivity contribution is 5.69. The number of likely N-dealkylation sites (N-methyl/N-ethyl adjacent to an activating group) is 1. The van der Waals surface area contributed by atoms with Crippen LogP contribution in [-0.4, -0.2) is 38.3 Å². The Morgan fingerprint density at radius 2 is 1.82 bits per heavy atom. The average molecular weight is 308 g/mol. The van der Waals surface area contributed by atoms with Gasteiger partial charge in [0.2, 0.25) is 0 Å². The lowest BCUT2D eigenvalue weighted by atomic mass is 10.2. The van der Waals surface area contributed by atoms with Crippen LogP contribution in [0, 0.1) is 0 Å². The molecule has 1 atom stereocenters. The minimum Gasteiger partial charge on any atom is -0.454 e. The molecule has 0 unspecified atom stereocenters. The largest absolute Gasteiger partial charge is 0.454 e. The highest BCUT2D eigenvalue weighted by Gasteiger charge is 2.19. The summed E-state index contributed by atoms with van der Waals surface area (Å²) >= 11 is 0. The van der Waals surface area contributed by atoms with Crippen molar-refractivity contribution in [1.82, 2.24) is 0 Å². The first-order valence-corrected chi connectivity index (χ1v) is 8.34. The van der Waals surface area contributed by atoms with Gasteiger partial charge in [0.15, 0.2) is 6.10 Å². The topological polar surface area (TPSA) is 40.0 Å². The summed E-state index contributed by atoms with van der Waals surface area (Å²) in [5, 5.41) is 0. The first kappa shape index (κ1) is 18.7. The van der Waals surface area contributed by atoms with E-state index in [1.54, 1.807) is 0 Å². The van der Waals surface area contributed by atoms with Gasteiger partial charge in [-0.2, -0.15) is 0 Å². The van der Waals surface area contributed by atoms with E-state index in [-0.39, 0.29) is 12.1 Å². The Labute approximate surface area is 134 Å². The average Bonchev–Trinajstić information content (AvgIpc) is 2.53. The second kappa shape index (κ2) is 11.2. The molecule has 0 saturated heterocycles. The van der Waals surface area contributed by atoms with Gasteiger partial charge in [-0.15, -0.1) is 0 Å². The van der Waals surface area contributed by atoms with Crippen molar-refractivity contribution < 1.29 is 19.2 Å². The SMILES string of the molecule is CCCC(=O)O[C@@H](COCc1ccccc1)C[NH+](CC)CC. The van der Waals surface area contributed by atoms with E-state index in [2.05, 4.69) is 13.8 Å². The fraction of sp³-hybridized carbons (Fsp3) is 0.611. The van der Waals surface area contributed by atoms with Crippen LogP contribution in [0.2, 0.25) is 0 Å². The number of carbonyl (C=O) groups excluding carboxylic acids is 1. The molecule has 0 heterocycles. The van der Waals surface area contributed by atoms with Gasteiger partial charge in [-0.3, -0.25) is 4.79 Å². The molecule has 4 heteroatoms. The molecule has 0 fully saturated rings. The summed E-state index contributed by atoms with van der Waals surface area (Å²) in [4.78, 5) is 13.2. The lowest BCUT2D eigenvalue weighted by Gasteiger charge is -2.23. The third-order valence-corrected chi connectivity index (χ3v) is 3.68. The third kappa shape index (κ3) is 7.57. The molecular weight excluding hydrogens is 278 g/mol. The smallest absolute Gasteiger partial charge is 0.306 e. The number of hydrogen-bond donors (Lipinski definition) is 1. The summed E-state index contributed by atoms with van der Waals surface area (Å²) in [5.41, 5.74) is 1.14. The molecule has 1 aromatic rings. The molecular formula is C18H30NO3+. The van der Waals surface area contributed by atoms with Gasteiger partial charge >= 0.3 is 5.97 Å². The maximum Gasteiger partial charge on any atom is 0.306 e. The van der Waals surface area contributed by atoms with Gasteiger partial charge in [0.05, 0.1) is 26.3 Å². The summed E-state index contributed by atoms with van der Waals surface area (Å²) in [6.45, 7) is 10.1. The van der Waals surface area contributed by atoms with Crippen LogP contribution in [0.1, 0.15) is 39.2 Å². The van der Waals surface area contributed by atoms with Crippen LogP contribution in [0.25, 0.3) is 0 Å². The van der Waals surface area contributed by atoms with Gasteiger partial charge in [-0.05, 0) is 25.8 Å². The van der Waals surface area contributed by atoms with Crippen molar-refractivity contribution in [3.05, 3.63) is 35.9 Å². The molecule has 0 aliphatic rings. The number of hydrogen-bond acceptors (Lipinski definition) is 3. The molecule has 0 aliphatic carbocycles. The van der Waals surface area contributed by atoms with Crippen molar-refractivity contribution >= 4 is 5.97 Å². The van der Waals surface area contributed by atoms with Crippen molar-refractivity contribution in [3.63, 3.8) is 0 Å². The highest BCUT2D eigenvalue weighted by Crippen LogP contribution is 2.03. The van der Waals surface area contributed by atoms with Crippen LogP contribution in [-0.2, 0) is 20.9 Å². The molecule has 0 spiro atoms. The molecule has 4 nitrogen and oxygen atoms in total. The maximum atomic E-state index is 11.8. The normalized spacial score (nSPS) is 12.4.